The summed E-state index contributed by atoms with van der Waals surface area (Å²) in [5.74, 6) is 0.643. The molecule has 2 heteroatoms. The van der Waals surface area contributed by atoms with Gasteiger partial charge in [-0.1, -0.05) is 32.8 Å². The largest absolute Gasteiger partial charge is 0.312 e. The van der Waals surface area contributed by atoms with Gasteiger partial charge in [0, 0.05) is 18.5 Å². The fourth-order valence-electron chi connectivity index (χ4n) is 1.29. The minimum absolute atomic E-state index is 0.264. The van der Waals surface area contributed by atoms with Crippen LogP contribution in [-0.4, -0.2) is 18.5 Å². The Balaban J connectivity index is 3.53. The van der Waals surface area contributed by atoms with E-state index in [9.17, 15) is 0 Å². The van der Waals surface area contributed by atoms with Crippen LogP contribution in [-0.2, 0) is 0 Å². The van der Waals surface area contributed by atoms with Crippen LogP contribution in [0.4, 0.5) is 0 Å². The van der Waals surface area contributed by atoms with Crippen LogP contribution in [0.25, 0.3) is 0 Å². The first-order chi connectivity index (χ1) is 5.76. The van der Waals surface area contributed by atoms with Crippen LogP contribution in [0.15, 0.2) is 12.7 Å². The number of alkyl halides is 1. The van der Waals surface area contributed by atoms with Crippen LogP contribution in [0.1, 0.15) is 26.7 Å². The second-order valence-electron chi connectivity index (χ2n) is 3.04. The first kappa shape index (κ1) is 12.0. The van der Waals surface area contributed by atoms with Gasteiger partial charge in [-0.25, -0.2) is 0 Å². The average molecular weight is 190 g/mol. The van der Waals surface area contributed by atoms with Gasteiger partial charge in [0.2, 0.25) is 0 Å². The Hall–Kier alpha value is -0.0100. The molecule has 0 aromatic rings. The summed E-state index contributed by atoms with van der Waals surface area (Å²) in [6, 6.07) is 0. The van der Waals surface area contributed by atoms with Crippen molar-refractivity contribution in [3.05, 3.63) is 12.7 Å². The molecule has 1 atom stereocenters. The molecule has 0 radical (unpaired) electrons. The summed E-state index contributed by atoms with van der Waals surface area (Å²) >= 11 is 6.19. The average Bonchev–Trinajstić information content (AvgIpc) is 2.07. The standard InChI is InChI=1S/C10H20ClN/c1-4-7-12-8-10(11)9(5-2)6-3/h4,9-10,12H,1,5-8H2,2-3H3. The molecule has 0 amide bonds. The van der Waals surface area contributed by atoms with E-state index in [-0.39, 0.29) is 5.38 Å². The highest BCUT2D eigenvalue weighted by atomic mass is 35.5. The van der Waals surface area contributed by atoms with Gasteiger partial charge >= 0.3 is 0 Å². The molecule has 1 N–H and O–H groups in total. The van der Waals surface area contributed by atoms with Gasteiger partial charge in [0.05, 0.1) is 0 Å². The highest BCUT2D eigenvalue weighted by molar-refractivity contribution is 6.21. The summed E-state index contributed by atoms with van der Waals surface area (Å²) in [4.78, 5) is 0. The second-order valence-corrected chi connectivity index (χ2v) is 3.60. The monoisotopic (exact) mass is 189 g/mol. The molecule has 72 valence electrons. The Labute approximate surface area is 81.2 Å². The van der Waals surface area contributed by atoms with Crippen molar-refractivity contribution in [3.63, 3.8) is 0 Å². The number of halogens is 1. The number of rotatable bonds is 7. The second kappa shape index (κ2) is 7.63. The molecular formula is C10H20ClN. The fraction of sp³-hybridized carbons (Fsp3) is 0.800. The molecule has 0 aliphatic carbocycles. The van der Waals surface area contributed by atoms with E-state index in [0.717, 1.165) is 13.1 Å². The Morgan fingerprint density at radius 2 is 2.00 bits per heavy atom. The van der Waals surface area contributed by atoms with Crippen molar-refractivity contribution in [2.45, 2.75) is 32.1 Å². The molecule has 0 rings (SSSR count). The van der Waals surface area contributed by atoms with Crippen LogP contribution >= 0.6 is 11.6 Å². The van der Waals surface area contributed by atoms with Crippen molar-refractivity contribution in [3.8, 4) is 0 Å². The molecular weight excluding hydrogens is 170 g/mol. The van der Waals surface area contributed by atoms with Gasteiger partial charge in [0.1, 0.15) is 0 Å². The lowest BCUT2D eigenvalue weighted by atomic mass is 9.99. The number of nitrogens with one attached hydrogen (secondary N) is 1. The van der Waals surface area contributed by atoms with E-state index in [4.69, 9.17) is 11.6 Å². The Morgan fingerprint density at radius 1 is 1.42 bits per heavy atom. The minimum Gasteiger partial charge on any atom is -0.312 e. The van der Waals surface area contributed by atoms with Gasteiger partial charge < -0.3 is 5.32 Å². The lowest BCUT2D eigenvalue weighted by Crippen LogP contribution is -2.28. The molecule has 0 aromatic heterocycles. The third-order valence-electron chi connectivity index (χ3n) is 2.19. The topological polar surface area (TPSA) is 12.0 Å². The van der Waals surface area contributed by atoms with Crippen LogP contribution < -0.4 is 5.32 Å². The molecule has 0 aromatic carbocycles. The van der Waals surface area contributed by atoms with Crippen molar-refractivity contribution >= 4 is 11.6 Å². The third-order valence-corrected chi connectivity index (χ3v) is 2.70. The maximum absolute atomic E-state index is 6.19. The Bertz CT molecular complexity index is 110. The van der Waals surface area contributed by atoms with E-state index < -0.39 is 0 Å². The molecule has 0 heterocycles. The summed E-state index contributed by atoms with van der Waals surface area (Å²) in [5, 5.41) is 3.50. The summed E-state index contributed by atoms with van der Waals surface area (Å²) in [6.45, 7) is 9.76. The van der Waals surface area contributed by atoms with Gasteiger partial charge in [-0.05, 0) is 5.92 Å². The van der Waals surface area contributed by atoms with E-state index in [1.807, 2.05) is 6.08 Å². The molecule has 0 bridgehead atoms. The summed E-state index contributed by atoms with van der Waals surface area (Å²) < 4.78 is 0. The zero-order chi connectivity index (χ0) is 9.40. The molecule has 0 aliphatic rings. The fourth-order valence-corrected chi connectivity index (χ4v) is 1.76. The van der Waals surface area contributed by atoms with Crippen molar-refractivity contribution < 1.29 is 0 Å². The maximum atomic E-state index is 6.19. The first-order valence-corrected chi connectivity index (χ1v) is 5.15. The summed E-state index contributed by atoms with van der Waals surface area (Å²) in [5.41, 5.74) is 0. The third kappa shape index (κ3) is 4.78. The van der Waals surface area contributed by atoms with Crippen molar-refractivity contribution in [1.29, 1.82) is 0 Å². The van der Waals surface area contributed by atoms with Crippen LogP contribution in [0.3, 0.4) is 0 Å². The number of hydrogen-bond acceptors (Lipinski definition) is 1. The van der Waals surface area contributed by atoms with Gasteiger partial charge in [0.25, 0.3) is 0 Å². The molecule has 0 saturated heterocycles. The smallest absolute Gasteiger partial charge is 0.0488 e. The molecule has 12 heavy (non-hydrogen) atoms. The Morgan fingerprint density at radius 3 is 2.42 bits per heavy atom. The van der Waals surface area contributed by atoms with Crippen LogP contribution in [0, 0.1) is 5.92 Å². The summed E-state index contributed by atoms with van der Waals surface area (Å²) in [7, 11) is 0. The van der Waals surface area contributed by atoms with E-state index in [1.165, 1.54) is 12.8 Å². The molecule has 0 spiro atoms. The minimum atomic E-state index is 0.264. The lowest BCUT2D eigenvalue weighted by Gasteiger charge is -2.18. The van der Waals surface area contributed by atoms with Gasteiger partial charge in [0.15, 0.2) is 0 Å². The molecule has 0 fully saturated rings. The van der Waals surface area contributed by atoms with Crippen molar-refractivity contribution in [2.24, 2.45) is 5.92 Å². The van der Waals surface area contributed by atoms with Crippen molar-refractivity contribution in [1.82, 2.24) is 5.32 Å². The number of hydrogen-bond donors (Lipinski definition) is 1. The normalized spacial score (nSPS) is 13.3. The highest BCUT2D eigenvalue weighted by Gasteiger charge is 2.14. The van der Waals surface area contributed by atoms with E-state index in [2.05, 4.69) is 25.7 Å². The zero-order valence-electron chi connectivity index (χ0n) is 8.15. The van der Waals surface area contributed by atoms with Gasteiger partial charge in [-0.2, -0.15) is 0 Å². The quantitative estimate of drug-likeness (QED) is 0.369. The summed E-state index contributed by atoms with van der Waals surface area (Å²) in [6.07, 6.45) is 4.19. The first-order valence-electron chi connectivity index (χ1n) is 4.71. The Kier molecular flexibility index (Phi) is 7.62. The van der Waals surface area contributed by atoms with Gasteiger partial charge in [-0.15, -0.1) is 18.2 Å². The predicted octanol–water partition coefficient (Wildman–Crippen LogP) is 2.81. The van der Waals surface area contributed by atoms with E-state index >= 15 is 0 Å². The molecule has 0 aliphatic heterocycles. The zero-order valence-corrected chi connectivity index (χ0v) is 8.90. The van der Waals surface area contributed by atoms with Crippen LogP contribution in [0.2, 0.25) is 0 Å². The van der Waals surface area contributed by atoms with Crippen LogP contribution in [0.5, 0.6) is 0 Å². The molecule has 0 saturated carbocycles. The molecule has 1 unspecified atom stereocenters. The van der Waals surface area contributed by atoms with Crippen molar-refractivity contribution in [2.75, 3.05) is 13.1 Å². The molecule has 1 nitrogen and oxygen atoms in total. The van der Waals surface area contributed by atoms with Gasteiger partial charge in [-0.3, -0.25) is 0 Å². The highest BCUT2D eigenvalue weighted by Crippen LogP contribution is 2.17. The lowest BCUT2D eigenvalue weighted by molar-refractivity contribution is 0.452. The van der Waals surface area contributed by atoms with E-state index in [0.29, 0.717) is 5.92 Å². The predicted molar refractivity (Wildman–Crippen MR) is 56.8 cm³/mol. The maximum Gasteiger partial charge on any atom is 0.0488 e. The SMILES string of the molecule is C=CCNCC(Cl)C(CC)CC. The van der Waals surface area contributed by atoms with E-state index in [1.54, 1.807) is 0 Å².